The van der Waals surface area contributed by atoms with Crippen LogP contribution in [0.4, 0.5) is 0 Å². The van der Waals surface area contributed by atoms with E-state index in [-0.39, 0.29) is 6.04 Å². The lowest BCUT2D eigenvalue weighted by Gasteiger charge is -2.20. The summed E-state index contributed by atoms with van der Waals surface area (Å²) in [6.07, 6.45) is 7.04. The lowest BCUT2D eigenvalue weighted by molar-refractivity contribution is 0.370. The molecule has 0 spiro atoms. The fourth-order valence-corrected chi connectivity index (χ4v) is 2.42. The minimum Gasteiger partial charge on any atom is -0.469 e. The third-order valence-corrected chi connectivity index (χ3v) is 3.16. The van der Waals surface area contributed by atoms with Crippen LogP contribution in [0.5, 0.6) is 0 Å². The Labute approximate surface area is 84.6 Å². The van der Waals surface area contributed by atoms with Gasteiger partial charge in [0.05, 0.1) is 12.3 Å². The predicted molar refractivity (Wildman–Crippen MR) is 55.5 cm³/mol. The number of nitrogens with two attached hydrogens (primary N) is 1. The van der Waals surface area contributed by atoms with Gasteiger partial charge in [0.15, 0.2) is 0 Å². The number of aryl methyl sites for hydroxylation is 1. The first-order valence-corrected chi connectivity index (χ1v) is 5.32. The Balaban J connectivity index is 2.12. The van der Waals surface area contributed by atoms with Crippen molar-refractivity contribution in [1.29, 1.82) is 0 Å². The third kappa shape index (κ3) is 1.83. The number of hydrazine groups is 1. The summed E-state index contributed by atoms with van der Waals surface area (Å²) < 4.78 is 5.31. The second kappa shape index (κ2) is 4.15. The molecule has 1 fully saturated rings. The van der Waals surface area contributed by atoms with Crippen molar-refractivity contribution in [3.05, 3.63) is 23.7 Å². The smallest absolute Gasteiger partial charge is 0.101 e. The van der Waals surface area contributed by atoms with Gasteiger partial charge in [-0.3, -0.25) is 11.3 Å². The Morgan fingerprint density at radius 3 is 2.71 bits per heavy atom. The van der Waals surface area contributed by atoms with E-state index in [9.17, 15) is 0 Å². The van der Waals surface area contributed by atoms with E-state index < -0.39 is 0 Å². The molecule has 1 aromatic rings. The van der Waals surface area contributed by atoms with Gasteiger partial charge in [0.25, 0.3) is 0 Å². The molecule has 0 aliphatic heterocycles. The minimum absolute atomic E-state index is 0.273. The lowest BCUT2D eigenvalue weighted by Crippen LogP contribution is -2.32. The summed E-state index contributed by atoms with van der Waals surface area (Å²) >= 11 is 0. The molecule has 1 heterocycles. The standard InChI is InChI=1S/C11H18N2O/c1-8-6-10(7-14-8)11(13-12)9-4-2-3-5-9/h6-7,9,11,13H,2-5,12H2,1H3. The van der Waals surface area contributed by atoms with Crippen molar-refractivity contribution in [2.24, 2.45) is 11.8 Å². The van der Waals surface area contributed by atoms with Crippen LogP contribution in [-0.2, 0) is 0 Å². The quantitative estimate of drug-likeness (QED) is 0.573. The molecule has 3 heteroatoms. The summed E-state index contributed by atoms with van der Waals surface area (Å²) in [5.41, 5.74) is 4.11. The minimum atomic E-state index is 0.273. The van der Waals surface area contributed by atoms with Crippen molar-refractivity contribution in [3.8, 4) is 0 Å². The zero-order valence-electron chi connectivity index (χ0n) is 8.62. The normalized spacial score (nSPS) is 20.1. The van der Waals surface area contributed by atoms with Gasteiger partial charge in [0.2, 0.25) is 0 Å². The predicted octanol–water partition coefficient (Wildman–Crippen LogP) is 2.28. The van der Waals surface area contributed by atoms with Gasteiger partial charge in [-0.25, -0.2) is 0 Å². The van der Waals surface area contributed by atoms with Gasteiger partial charge in [-0.15, -0.1) is 0 Å². The van der Waals surface area contributed by atoms with Crippen molar-refractivity contribution >= 4 is 0 Å². The maximum Gasteiger partial charge on any atom is 0.101 e. The molecule has 3 N–H and O–H groups in total. The Bertz CT molecular complexity index is 289. The van der Waals surface area contributed by atoms with Gasteiger partial charge in [0, 0.05) is 5.56 Å². The molecular formula is C11H18N2O. The van der Waals surface area contributed by atoms with E-state index >= 15 is 0 Å². The van der Waals surface area contributed by atoms with Crippen LogP contribution in [0.15, 0.2) is 16.7 Å². The molecule has 1 saturated carbocycles. The van der Waals surface area contributed by atoms with E-state index in [2.05, 4.69) is 11.5 Å². The fraction of sp³-hybridized carbons (Fsp3) is 0.636. The Morgan fingerprint density at radius 2 is 2.21 bits per heavy atom. The number of hydrogen-bond acceptors (Lipinski definition) is 3. The molecular weight excluding hydrogens is 176 g/mol. The van der Waals surface area contributed by atoms with Crippen LogP contribution in [0.25, 0.3) is 0 Å². The zero-order chi connectivity index (χ0) is 9.97. The molecule has 0 amide bonds. The van der Waals surface area contributed by atoms with Crippen LogP contribution >= 0.6 is 0 Å². The van der Waals surface area contributed by atoms with Crippen LogP contribution in [0.2, 0.25) is 0 Å². The number of hydrogen-bond donors (Lipinski definition) is 2. The van der Waals surface area contributed by atoms with E-state index in [0.717, 1.165) is 5.76 Å². The van der Waals surface area contributed by atoms with Gasteiger partial charge in [-0.05, 0) is 31.7 Å². The van der Waals surface area contributed by atoms with E-state index in [1.165, 1.54) is 31.2 Å². The molecule has 1 aliphatic carbocycles. The Kier molecular flexibility index (Phi) is 2.89. The summed E-state index contributed by atoms with van der Waals surface area (Å²) in [6, 6.07) is 2.35. The highest BCUT2D eigenvalue weighted by Crippen LogP contribution is 2.35. The summed E-state index contributed by atoms with van der Waals surface area (Å²) in [5, 5.41) is 0. The topological polar surface area (TPSA) is 51.2 Å². The highest BCUT2D eigenvalue weighted by atomic mass is 16.3. The van der Waals surface area contributed by atoms with Crippen LogP contribution < -0.4 is 11.3 Å². The molecule has 14 heavy (non-hydrogen) atoms. The molecule has 0 aromatic carbocycles. The third-order valence-electron chi connectivity index (χ3n) is 3.16. The van der Waals surface area contributed by atoms with Gasteiger partial charge in [-0.1, -0.05) is 12.8 Å². The molecule has 3 nitrogen and oxygen atoms in total. The van der Waals surface area contributed by atoms with Crippen molar-refractivity contribution < 1.29 is 4.42 Å². The van der Waals surface area contributed by atoms with Gasteiger partial charge < -0.3 is 4.42 Å². The van der Waals surface area contributed by atoms with E-state index in [1.54, 1.807) is 0 Å². The number of nitrogens with one attached hydrogen (secondary N) is 1. The number of furan rings is 1. The molecule has 0 radical (unpaired) electrons. The molecule has 0 saturated heterocycles. The molecule has 1 unspecified atom stereocenters. The monoisotopic (exact) mass is 194 g/mol. The largest absolute Gasteiger partial charge is 0.469 e. The summed E-state index contributed by atoms with van der Waals surface area (Å²) in [6.45, 7) is 1.96. The molecule has 1 aromatic heterocycles. The Morgan fingerprint density at radius 1 is 1.50 bits per heavy atom. The van der Waals surface area contributed by atoms with Gasteiger partial charge in [0.1, 0.15) is 5.76 Å². The van der Waals surface area contributed by atoms with Crippen molar-refractivity contribution in [2.45, 2.75) is 38.6 Å². The first-order chi connectivity index (χ1) is 6.81. The average molecular weight is 194 g/mol. The summed E-state index contributed by atoms with van der Waals surface area (Å²) in [4.78, 5) is 0. The molecule has 1 aliphatic rings. The summed E-state index contributed by atoms with van der Waals surface area (Å²) in [5.74, 6) is 7.24. The second-order valence-corrected chi connectivity index (χ2v) is 4.18. The SMILES string of the molecule is Cc1cc(C(NN)C2CCCC2)co1. The van der Waals surface area contributed by atoms with Crippen LogP contribution in [0, 0.1) is 12.8 Å². The maximum absolute atomic E-state index is 5.60. The maximum atomic E-state index is 5.60. The van der Waals surface area contributed by atoms with Crippen molar-refractivity contribution in [2.75, 3.05) is 0 Å². The highest BCUT2D eigenvalue weighted by Gasteiger charge is 2.26. The zero-order valence-corrected chi connectivity index (χ0v) is 8.62. The summed E-state index contributed by atoms with van der Waals surface area (Å²) in [7, 11) is 0. The van der Waals surface area contributed by atoms with E-state index in [0.29, 0.717) is 5.92 Å². The molecule has 78 valence electrons. The van der Waals surface area contributed by atoms with Crippen molar-refractivity contribution in [1.82, 2.24) is 5.43 Å². The first kappa shape index (κ1) is 9.74. The molecule has 2 rings (SSSR count). The van der Waals surface area contributed by atoms with Crippen LogP contribution in [-0.4, -0.2) is 0 Å². The Hall–Kier alpha value is -0.800. The second-order valence-electron chi connectivity index (χ2n) is 4.18. The average Bonchev–Trinajstić information content (AvgIpc) is 2.79. The van der Waals surface area contributed by atoms with Crippen LogP contribution in [0.1, 0.15) is 43.0 Å². The molecule has 1 atom stereocenters. The first-order valence-electron chi connectivity index (χ1n) is 5.32. The van der Waals surface area contributed by atoms with Gasteiger partial charge >= 0.3 is 0 Å². The lowest BCUT2D eigenvalue weighted by atomic mass is 9.94. The molecule has 0 bridgehead atoms. The van der Waals surface area contributed by atoms with Gasteiger partial charge in [-0.2, -0.15) is 0 Å². The number of rotatable bonds is 3. The highest BCUT2D eigenvalue weighted by molar-refractivity contribution is 5.17. The fourth-order valence-electron chi connectivity index (χ4n) is 2.42. The van der Waals surface area contributed by atoms with Crippen LogP contribution in [0.3, 0.4) is 0 Å². The van der Waals surface area contributed by atoms with Crippen molar-refractivity contribution in [3.63, 3.8) is 0 Å². The van der Waals surface area contributed by atoms with E-state index in [1.807, 2.05) is 13.2 Å². The van der Waals surface area contributed by atoms with E-state index in [4.69, 9.17) is 10.3 Å².